The van der Waals surface area contributed by atoms with Gasteiger partial charge < -0.3 is 4.74 Å². The van der Waals surface area contributed by atoms with Gasteiger partial charge in [-0.1, -0.05) is 34.1 Å². The normalized spacial score (nSPS) is 20.1. The van der Waals surface area contributed by atoms with Gasteiger partial charge in [-0.15, -0.1) is 0 Å². The van der Waals surface area contributed by atoms with E-state index >= 15 is 0 Å². The lowest BCUT2D eigenvalue weighted by atomic mass is 10.1. The maximum Gasteiger partial charge on any atom is 0.323 e. The Kier molecular flexibility index (Phi) is 4.86. The zero-order valence-electron chi connectivity index (χ0n) is 12.4. The minimum atomic E-state index is -0.418. The van der Waals surface area contributed by atoms with Crippen LogP contribution >= 0.6 is 15.9 Å². The Bertz CT molecular complexity index is 482. The molecule has 1 unspecified atom stereocenters. The number of carbonyl (C=O) groups excluding carboxylic acids is 1. The summed E-state index contributed by atoms with van der Waals surface area (Å²) in [4.78, 5) is 14.5. The molecule has 0 saturated carbocycles. The van der Waals surface area contributed by atoms with E-state index in [-0.39, 0.29) is 12.0 Å². The van der Waals surface area contributed by atoms with E-state index in [0.29, 0.717) is 0 Å². The first-order chi connectivity index (χ1) is 9.37. The highest BCUT2D eigenvalue weighted by Gasteiger charge is 2.34. The van der Waals surface area contributed by atoms with Crippen LogP contribution in [0.5, 0.6) is 0 Å². The fourth-order valence-electron chi connectivity index (χ4n) is 2.50. The number of esters is 1. The summed E-state index contributed by atoms with van der Waals surface area (Å²) < 4.78 is 6.62. The number of ether oxygens (including phenoxy) is 1. The monoisotopic (exact) mass is 339 g/mol. The molecule has 0 aliphatic carbocycles. The summed E-state index contributed by atoms with van der Waals surface area (Å²) in [5.74, 6) is -0.0953. The molecule has 4 heteroatoms. The van der Waals surface area contributed by atoms with Crippen LogP contribution in [0.15, 0.2) is 28.7 Å². The minimum absolute atomic E-state index is 0.0953. The van der Waals surface area contributed by atoms with Gasteiger partial charge in [-0.3, -0.25) is 9.69 Å². The van der Waals surface area contributed by atoms with E-state index in [0.717, 1.165) is 30.4 Å². The Labute approximate surface area is 129 Å². The molecule has 1 fully saturated rings. The first-order valence-corrected chi connectivity index (χ1v) is 7.86. The molecule has 1 aromatic rings. The predicted molar refractivity (Wildman–Crippen MR) is 83.4 cm³/mol. The third-order valence-electron chi connectivity index (χ3n) is 3.37. The quantitative estimate of drug-likeness (QED) is 0.785. The van der Waals surface area contributed by atoms with Gasteiger partial charge >= 0.3 is 5.97 Å². The maximum absolute atomic E-state index is 12.3. The number of benzene rings is 1. The molecule has 1 heterocycles. The van der Waals surface area contributed by atoms with Crippen molar-refractivity contribution in [2.45, 2.75) is 51.8 Å². The third kappa shape index (κ3) is 4.06. The van der Waals surface area contributed by atoms with Gasteiger partial charge in [0, 0.05) is 11.0 Å². The zero-order valence-corrected chi connectivity index (χ0v) is 13.9. The van der Waals surface area contributed by atoms with E-state index in [1.54, 1.807) is 0 Å². The van der Waals surface area contributed by atoms with Crippen LogP contribution in [0.2, 0.25) is 0 Å². The molecule has 0 radical (unpaired) electrons. The van der Waals surface area contributed by atoms with Crippen LogP contribution in [0.4, 0.5) is 0 Å². The van der Waals surface area contributed by atoms with E-state index in [1.807, 2.05) is 39.0 Å². The van der Waals surface area contributed by atoms with Crippen molar-refractivity contribution in [1.82, 2.24) is 4.90 Å². The number of hydrogen-bond donors (Lipinski definition) is 0. The molecule has 1 aromatic carbocycles. The largest absolute Gasteiger partial charge is 0.459 e. The highest BCUT2D eigenvalue weighted by atomic mass is 79.9. The molecule has 1 aliphatic rings. The smallest absolute Gasteiger partial charge is 0.323 e. The van der Waals surface area contributed by atoms with Gasteiger partial charge in [0.2, 0.25) is 0 Å². The molecule has 20 heavy (non-hydrogen) atoms. The van der Waals surface area contributed by atoms with Crippen molar-refractivity contribution >= 4 is 21.9 Å². The summed E-state index contributed by atoms with van der Waals surface area (Å²) in [5, 5.41) is 0. The minimum Gasteiger partial charge on any atom is -0.459 e. The summed E-state index contributed by atoms with van der Waals surface area (Å²) in [6.07, 6.45) is 1.94. The summed E-state index contributed by atoms with van der Waals surface area (Å²) in [7, 11) is 0. The van der Waals surface area contributed by atoms with Crippen LogP contribution in [0.1, 0.15) is 39.2 Å². The second-order valence-electron chi connectivity index (χ2n) is 6.25. The molecule has 1 atom stereocenters. The molecule has 2 rings (SSSR count). The average Bonchev–Trinajstić information content (AvgIpc) is 2.78. The van der Waals surface area contributed by atoms with E-state index in [4.69, 9.17) is 4.74 Å². The first-order valence-electron chi connectivity index (χ1n) is 7.07. The standard InChI is InChI=1S/C16H22BrNO2/c1-16(2,3)20-15(19)14-9-6-10-18(14)11-12-7-4-5-8-13(12)17/h4-5,7-8,14H,6,9-11H2,1-3H3. The van der Waals surface area contributed by atoms with Gasteiger partial charge in [-0.2, -0.15) is 0 Å². The van der Waals surface area contributed by atoms with E-state index < -0.39 is 5.60 Å². The van der Waals surface area contributed by atoms with Gasteiger partial charge in [-0.25, -0.2) is 0 Å². The Morgan fingerprint density at radius 2 is 2.10 bits per heavy atom. The van der Waals surface area contributed by atoms with E-state index in [1.165, 1.54) is 5.56 Å². The number of halogens is 1. The molecule has 0 amide bonds. The predicted octanol–water partition coefficient (Wildman–Crippen LogP) is 3.76. The molecule has 0 bridgehead atoms. The van der Waals surface area contributed by atoms with Crippen LogP contribution < -0.4 is 0 Å². The second-order valence-corrected chi connectivity index (χ2v) is 7.11. The van der Waals surface area contributed by atoms with Crippen molar-refractivity contribution < 1.29 is 9.53 Å². The number of rotatable bonds is 3. The lowest BCUT2D eigenvalue weighted by Gasteiger charge is -2.27. The molecule has 0 spiro atoms. The molecular weight excluding hydrogens is 318 g/mol. The number of hydrogen-bond acceptors (Lipinski definition) is 3. The molecule has 3 nitrogen and oxygen atoms in total. The second kappa shape index (κ2) is 6.27. The SMILES string of the molecule is CC(C)(C)OC(=O)C1CCCN1Cc1ccccc1Br. The van der Waals surface area contributed by atoms with Crippen LogP contribution in [-0.4, -0.2) is 29.1 Å². The molecule has 1 aliphatic heterocycles. The highest BCUT2D eigenvalue weighted by Crippen LogP contribution is 2.25. The van der Waals surface area contributed by atoms with Crippen molar-refractivity contribution in [2.75, 3.05) is 6.54 Å². The van der Waals surface area contributed by atoms with Crippen molar-refractivity contribution in [3.05, 3.63) is 34.3 Å². The number of likely N-dealkylation sites (tertiary alicyclic amines) is 1. The van der Waals surface area contributed by atoms with Crippen molar-refractivity contribution in [1.29, 1.82) is 0 Å². The lowest BCUT2D eigenvalue weighted by molar-refractivity contribution is -0.160. The van der Waals surface area contributed by atoms with Crippen LogP contribution in [0.25, 0.3) is 0 Å². The Balaban J connectivity index is 2.04. The van der Waals surface area contributed by atoms with Crippen LogP contribution in [0.3, 0.4) is 0 Å². The fourth-order valence-corrected chi connectivity index (χ4v) is 2.91. The van der Waals surface area contributed by atoms with E-state index in [2.05, 4.69) is 26.9 Å². The number of carbonyl (C=O) groups is 1. The van der Waals surface area contributed by atoms with Gasteiger partial charge in [0.25, 0.3) is 0 Å². The molecule has 0 aromatic heterocycles. The fraction of sp³-hybridized carbons (Fsp3) is 0.562. The summed E-state index contributed by atoms with van der Waals surface area (Å²) in [5.41, 5.74) is 0.793. The Morgan fingerprint density at radius 3 is 2.75 bits per heavy atom. The topological polar surface area (TPSA) is 29.5 Å². The zero-order chi connectivity index (χ0) is 14.8. The van der Waals surface area contributed by atoms with Crippen molar-refractivity contribution in [2.24, 2.45) is 0 Å². The van der Waals surface area contributed by atoms with Crippen molar-refractivity contribution in [3.63, 3.8) is 0 Å². The average molecular weight is 340 g/mol. The Morgan fingerprint density at radius 1 is 1.40 bits per heavy atom. The van der Waals surface area contributed by atoms with Crippen molar-refractivity contribution in [3.8, 4) is 0 Å². The highest BCUT2D eigenvalue weighted by molar-refractivity contribution is 9.10. The molecular formula is C16H22BrNO2. The maximum atomic E-state index is 12.3. The van der Waals surface area contributed by atoms with Gasteiger partial charge in [-0.05, 0) is 51.8 Å². The van der Waals surface area contributed by atoms with Gasteiger partial charge in [0.15, 0.2) is 0 Å². The summed E-state index contributed by atoms with van der Waals surface area (Å²) in [6, 6.07) is 8.05. The van der Waals surface area contributed by atoms with E-state index in [9.17, 15) is 4.79 Å². The third-order valence-corrected chi connectivity index (χ3v) is 4.15. The van der Waals surface area contributed by atoms with Crippen LogP contribution in [0, 0.1) is 0 Å². The molecule has 1 saturated heterocycles. The lowest BCUT2D eigenvalue weighted by Crippen LogP contribution is -2.40. The van der Waals surface area contributed by atoms with Crippen LogP contribution in [-0.2, 0) is 16.1 Å². The molecule has 110 valence electrons. The summed E-state index contributed by atoms with van der Waals surface area (Å²) in [6.45, 7) is 7.48. The van der Waals surface area contributed by atoms with Gasteiger partial charge in [0.1, 0.15) is 11.6 Å². The number of nitrogens with zero attached hydrogens (tertiary/aromatic N) is 1. The Hall–Kier alpha value is -0.870. The molecule has 0 N–H and O–H groups in total. The van der Waals surface area contributed by atoms with Gasteiger partial charge in [0.05, 0.1) is 0 Å². The summed E-state index contributed by atoms with van der Waals surface area (Å²) >= 11 is 3.57. The first kappa shape index (κ1) is 15.5.